The number of aromatic nitrogens is 3. The van der Waals surface area contributed by atoms with Crippen LogP contribution < -0.4 is 20.5 Å². The third kappa shape index (κ3) is 4.48. The number of nitrogens with zero attached hydrogens (tertiary/aromatic N) is 3. The van der Waals surface area contributed by atoms with Gasteiger partial charge in [0.1, 0.15) is 5.75 Å². The van der Waals surface area contributed by atoms with Crippen molar-refractivity contribution in [1.29, 1.82) is 0 Å². The maximum atomic E-state index is 5.62. The second-order valence-electron chi connectivity index (χ2n) is 4.23. The zero-order valence-corrected chi connectivity index (χ0v) is 12.2. The lowest BCUT2D eigenvalue weighted by Gasteiger charge is -2.08. The molecule has 2 aromatic rings. The van der Waals surface area contributed by atoms with Crippen molar-refractivity contribution in [2.24, 2.45) is 0 Å². The van der Waals surface area contributed by atoms with E-state index in [0.29, 0.717) is 19.2 Å². The molecule has 2 rings (SSSR count). The monoisotopic (exact) mass is 289 g/mol. The number of ether oxygens (including phenoxy) is 2. The Morgan fingerprint density at radius 2 is 1.81 bits per heavy atom. The van der Waals surface area contributed by atoms with E-state index in [1.807, 2.05) is 31.2 Å². The molecule has 0 spiro atoms. The summed E-state index contributed by atoms with van der Waals surface area (Å²) in [6.45, 7) is 5.08. The number of nitrogens with one attached hydrogen (secondary N) is 1. The summed E-state index contributed by atoms with van der Waals surface area (Å²) in [4.78, 5) is 12.0. The van der Waals surface area contributed by atoms with E-state index >= 15 is 0 Å². The fourth-order valence-electron chi connectivity index (χ4n) is 1.61. The molecule has 7 heteroatoms. The molecule has 1 aromatic carbocycles. The molecule has 0 radical (unpaired) electrons. The zero-order chi connectivity index (χ0) is 15.1. The van der Waals surface area contributed by atoms with Crippen LogP contribution in [-0.2, 0) is 0 Å². The van der Waals surface area contributed by atoms with Gasteiger partial charge in [0.2, 0.25) is 11.9 Å². The van der Waals surface area contributed by atoms with Crippen LogP contribution in [-0.4, -0.2) is 28.2 Å². The maximum Gasteiger partial charge on any atom is 0.323 e. The van der Waals surface area contributed by atoms with Crippen LogP contribution in [0.3, 0.4) is 0 Å². The standard InChI is InChI=1S/C14H19N5O2/c1-3-9-21-11-7-5-10(6-8-11)16-13-17-12(15)18-14(19-13)20-4-2/h5-8H,3-4,9H2,1-2H3,(H3,15,16,17,18,19). The predicted octanol–water partition coefficient (Wildman–Crippen LogP) is 2.38. The molecule has 0 unspecified atom stereocenters. The second kappa shape index (κ2) is 7.28. The van der Waals surface area contributed by atoms with Crippen LogP contribution in [0.4, 0.5) is 17.6 Å². The van der Waals surface area contributed by atoms with E-state index < -0.39 is 0 Å². The lowest BCUT2D eigenvalue weighted by atomic mass is 10.3. The van der Waals surface area contributed by atoms with Crippen LogP contribution >= 0.6 is 0 Å². The molecule has 0 atom stereocenters. The summed E-state index contributed by atoms with van der Waals surface area (Å²) >= 11 is 0. The van der Waals surface area contributed by atoms with Crippen LogP contribution in [0.1, 0.15) is 20.3 Å². The molecule has 0 aliphatic rings. The Morgan fingerprint density at radius 1 is 1.05 bits per heavy atom. The molecular weight excluding hydrogens is 270 g/mol. The summed E-state index contributed by atoms with van der Waals surface area (Å²) < 4.78 is 10.7. The smallest absolute Gasteiger partial charge is 0.323 e. The van der Waals surface area contributed by atoms with E-state index in [1.54, 1.807) is 0 Å². The first-order valence-corrected chi connectivity index (χ1v) is 6.85. The number of rotatable bonds is 7. The van der Waals surface area contributed by atoms with E-state index in [-0.39, 0.29) is 12.0 Å². The molecule has 0 aliphatic carbocycles. The Morgan fingerprint density at radius 3 is 2.48 bits per heavy atom. The normalized spacial score (nSPS) is 10.2. The minimum Gasteiger partial charge on any atom is -0.494 e. The fraction of sp³-hybridized carbons (Fsp3) is 0.357. The van der Waals surface area contributed by atoms with Crippen LogP contribution in [0, 0.1) is 0 Å². The number of nitrogens with two attached hydrogens (primary N) is 1. The lowest BCUT2D eigenvalue weighted by Crippen LogP contribution is -2.06. The van der Waals surface area contributed by atoms with Crippen molar-refractivity contribution in [3.8, 4) is 11.8 Å². The van der Waals surface area contributed by atoms with Gasteiger partial charge in [-0.15, -0.1) is 0 Å². The van der Waals surface area contributed by atoms with Gasteiger partial charge in [-0.1, -0.05) is 6.92 Å². The van der Waals surface area contributed by atoms with E-state index in [9.17, 15) is 0 Å². The molecule has 7 nitrogen and oxygen atoms in total. The Hall–Kier alpha value is -2.57. The molecule has 112 valence electrons. The summed E-state index contributed by atoms with van der Waals surface area (Å²) in [5.41, 5.74) is 6.45. The number of hydrogen-bond donors (Lipinski definition) is 2. The summed E-state index contributed by atoms with van der Waals surface area (Å²) in [6, 6.07) is 7.73. The van der Waals surface area contributed by atoms with Crippen molar-refractivity contribution in [3.05, 3.63) is 24.3 Å². The highest BCUT2D eigenvalue weighted by Crippen LogP contribution is 2.19. The minimum atomic E-state index is 0.110. The fourth-order valence-corrected chi connectivity index (χ4v) is 1.61. The van der Waals surface area contributed by atoms with Crippen LogP contribution in [0.5, 0.6) is 11.8 Å². The molecule has 0 saturated carbocycles. The van der Waals surface area contributed by atoms with Crippen molar-refractivity contribution >= 4 is 17.6 Å². The molecule has 0 amide bonds. The molecule has 0 bridgehead atoms. The molecule has 3 N–H and O–H groups in total. The maximum absolute atomic E-state index is 5.62. The molecule has 1 heterocycles. The van der Waals surface area contributed by atoms with Gasteiger partial charge >= 0.3 is 6.01 Å². The number of nitrogen functional groups attached to an aromatic ring is 1. The van der Waals surface area contributed by atoms with Crippen molar-refractivity contribution in [2.45, 2.75) is 20.3 Å². The van der Waals surface area contributed by atoms with Gasteiger partial charge in [-0.3, -0.25) is 0 Å². The molecular formula is C14H19N5O2. The van der Waals surface area contributed by atoms with Crippen LogP contribution in [0.2, 0.25) is 0 Å². The summed E-state index contributed by atoms with van der Waals surface area (Å²) in [5, 5.41) is 3.05. The Kier molecular flexibility index (Phi) is 5.14. The van der Waals surface area contributed by atoms with E-state index in [2.05, 4.69) is 27.2 Å². The quantitative estimate of drug-likeness (QED) is 0.807. The van der Waals surface area contributed by atoms with E-state index in [4.69, 9.17) is 15.2 Å². The molecule has 1 aromatic heterocycles. The van der Waals surface area contributed by atoms with Gasteiger partial charge in [-0.05, 0) is 37.6 Å². The Labute approximate surface area is 123 Å². The third-order valence-electron chi connectivity index (χ3n) is 2.49. The Bertz CT molecular complexity index is 574. The summed E-state index contributed by atoms with van der Waals surface area (Å²) in [7, 11) is 0. The number of benzene rings is 1. The summed E-state index contributed by atoms with van der Waals surface area (Å²) in [6.07, 6.45) is 0.977. The first-order valence-electron chi connectivity index (χ1n) is 6.85. The average Bonchev–Trinajstić information content (AvgIpc) is 2.46. The molecule has 0 fully saturated rings. The van der Waals surface area contributed by atoms with Crippen LogP contribution in [0.15, 0.2) is 24.3 Å². The predicted molar refractivity (Wildman–Crippen MR) is 80.9 cm³/mol. The first kappa shape index (κ1) is 14.8. The SMILES string of the molecule is CCCOc1ccc(Nc2nc(N)nc(OCC)n2)cc1. The van der Waals surface area contributed by atoms with Crippen molar-refractivity contribution < 1.29 is 9.47 Å². The third-order valence-corrected chi connectivity index (χ3v) is 2.49. The second-order valence-corrected chi connectivity index (χ2v) is 4.23. The van der Waals surface area contributed by atoms with Gasteiger partial charge < -0.3 is 20.5 Å². The number of anilines is 3. The largest absolute Gasteiger partial charge is 0.494 e. The van der Waals surface area contributed by atoms with E-state index in [1.165, 1.54) is 0 Å². The highest BCUT2D eigenvalue weighted by Gasteiger charge is 2.05. The van der Waals surface area contributed by atoms with Crippen LogP contribution in [0.25, 0.3) is 0 Å². The number of hydrogen-bond acceptors (Lipinski definition) is 7. The lowest BCUT2D eigenvalue weighted by molar-refractivity contribution is 0.312. The molecule has 0 aliphatic heterocycles. The molecule has 21 heavy (non-hydrogen) atoms. The molecule has 0 saturated heterocycles. The van der Waals surface area contributed by atoms with Gasteiger partial charge in [-0.25, -0.2) is 0 Å². The zero-order valence-electron chi connectivity index (χ0n) is 12.2. The highest BCUT2D eigenvalue weighted by atomic mass is 16.5. The van der Waals surface area contributed by atoms with Crippen molar-refractivity contribution in [3.63, 3.8) is 0 Å². The average molecular weight is 289 g/mol. The van der Waals surface area contributed by atoms with E-state index in [0.717, 1.165) is 17.9 Å². The highest BCUT2D eigenvalue weighted by molar-refractivity contribution is 5.55. The minimum absolute atomic E-state index is 0.110. The van der Waals surface area contributed by atoms with Gasteiger partial charge in [0, 0.05) is 5.69 Å². The van der Waals surface area contributed by atoms with Gasteiger partial charge in [0.15, 0.2) is 0 Å². The van der Waals surface area contributed by atoms with Crippen molar-refractivity contribution in [2.75, 3.05) is 24.3 Å². The van der Waals surface area contributed by atoms with Gasteiger partial charge in [0.05, 0.1) is 13.2 Å². The topological polar surface area (TPSA) is 95.2 Å². The summed E-state index contributed by atoms with van der Waals surface area (Å²) in [5.74, 6) is 1.28. The van der Waals surface area contributed by atoms with Crippen molar-refractivity contribution in [1.82, 2.24) is 15.0 Å². The Balaban J connectivity index is 2.07. The van der Waals surface area contributed by atoms with Gasteiger partial charge in [-0.2, -0.15) is 15.0 Å². The van der Waals surface area contributed by atoms with Gasteiger partial charge in [0.25, 0.3) is 0 Å². The first-order chi connectivity index (χ1) is 10.2.